The lowest BCUT2D eigenvalue weighted by atomic mass is 9.89. The highest BCUT2D eigenvalue weighted by molar-refractivity contribution is 5.93. The minimum absolute atomic E-state index is 0.0311. The van der Waals surface area contributed by atoms with E-state index in [9.17, 15) is 28.8 Å². The Morgan fingerprint density at radius 1 is 0.944 bits per heavy atom. The average molecular weight is 504 g/mol. The SMILES string of the molecule is C/C=C(\C=O)C(CC(=O)OCCc1ccc(OC(C)=O)c(OC(C)=O)c1)/C(=C\OC(C)=O)C(=O)OC. The Kier molecular flexibility index (Phi) is 12.3. The minimum atomic E-state index is -1.08. The normalized spacial score (nSPS) is 12.1. The van der Waals surface area contributed by atoms with Gasteiger partial charge >= 0.3 is 29.8 Å². The summed E-state index contributed by atoms with van der Waals surface area (Å²) in [7, 11) is 1.10. The van der Waals surface area contributed by atoms with Crippen LogP contribution in [-0.4, -0.2) is 49.8 Å². The van der Waals surface area contributed by atoms with E-state index in [-0.39, 0.29) is 35.7 Å². The minimum Gasteiger partial charge on any atom is -0.466 e. The summed E-state index contributed by atoms with van der Waals surface area (Å²) in [5.41, 5.74) is 0.485. The van der Waals surface area contributed by atoms with Crippen molar-refractivity contribution in [3.05, 3.63) is 47.2 Å². The van der Waals surface area contributed by atoms with E-state index in [1.54, 1.807) is 13.0 Å². The molecule has 36 heavy (non-hydrogen) atoms. The van der Waals surface area contributed by atoms with E-state index in [1.807, 2.05) is 0 Å². The fourth-order valence-electron chi connectivity index (χ4n) is 2.99. The number of hydrogen-bond acceptors (Lipinski definition) is 11. The van der Waals surface area contributed by atoms with Gasteiger partial charge in [-0.05, 0) is 30.2 Å². The van der Waals surface area contributed by atoms with Gasteiger partial charge < -0.3 is 23.7 Å². The fourth-order valence-corrected chi connectivity index (χ4v) is 2.99. The van der Waals surface area contributed by atoms with E-state index in [2.05, 4.69) is 0 Å². The summed E-state index contributed by atoms with van der Waals surface area (Å²) in [5.74, 6) is -4.53. The molecule has 0 spiro atoms. The van der Waals surface area contributed by atoms with E-state index >= 15 is 0 Å². The van der Waals surface area contributed by atoms with Crippen molar-refractivity contribution in [1.29, 1.82) is 0 Å². The van der Waals surface area contributed by atoms with Crippen LogP contribution < -0.4 is 9.47 Å². The average Bonchev–Trinajstić information content (AvgIpc) is 2.80. The standard InChI is InChI=1S/C25H28O11/c1-6-19(13-26)20(21(25(31)32-5)14-34-15(2)27)12-24(30)33-10-9-18-7-8-22(35-16(3)28)23(11-18)36-17(4)29/h6-8,11,13-14,20H,9-10,12H2,1-5H3/b19-6+,21-14+. The van der Waals surface area contributed by atoms with Crippen molar-refractivity contribution >= 4 is 36.1 Å². The zero-order chi connectivity index (χ0) is 27.3. The number of esters is 5. The Labute approximate surface area is 208 Å². The first-order valence-corrected chi connectivity index (χ1v) is 10.7. The summed E-state index contributed by atoms with van der Waals surface area (Å²) in [6.45, 7) is 4.97. The molecule has 0 fully saturated rings. The molecular formula is C25H28O11. The molecule has 1 unspecified atom stereocenters. The molecule has 0 saturated heterocycles. The Morgan fingerprint density at radius 3 is 2.11 bits per heavy atom. The van der Waals surface area contributed by atoms with Crippen LogP contribution in [0.25, 0.3) is 0 Å². The molecular weight excluding hydrogens is 476 g/mol. The molecule has 194 valence electrons. The highest BCUT2D eigenvalue weighted by Gasteiger charge is 2.29. The second-order valence-electron chi connectivity index (χ2n) is 7.28. The monoisotopic (exact) mass is 504 g/mol. The summed E-state index contributed by atoms with van der Waals surface area (Å²) in [4.78, 5) is 70.1. The zero-order valence-electron chi connectivity index (χ0n) is 20.7. The van der Waals surface area contributed by atoms with E-state index in [4.69, 9.17) is 23.7 Å². The highest BCUT2D eigenvalue weighted by Crippen LogP contribution is 2.29. The third kappa shape index (κ3) is 9.92. The molecule has 1 rings (SSSR count). The van der Waals surface area contributed by atoms with Gasteiger partial charge in [0.25, 0.3) is 0 Å². The van der Waals surface area contributed by atoms with Crippen molar-refractivity contribution in [3.8, 4) is 11.5 Å². The molecule has 0 radical (unpaired) electrons. The molecule has 0 aliphatic heterocycles. The Balaban J connectivity index is 2.99. The predicted molar refractivity (Wildman–Crippen MR) is 124 cm³/mol. The number of allylic oxidation sites excluding steroid dienone is 2. The van der Waals surface area contributed by atoms with Crippen LogP contribution in [0.15, 0.2) is 41.7 Å². The van der Waals surface area contributed by atoms with Crippen molar-refractivity contribution in [2.24, 2.45) is 5.92 Å². The predicted octanol–water partition coefficient (Wildman–Crippen LogP) is 2.39. The molecule has 0 amide bonds. The molecule has 0 bridgehead atoms. The lowest BCUT2D eigenvalue weighted by molar-refractivity contribution is -0.144. The topological polar surface area (TPSA) is 149 Å². The maximum atomic E-state index is 12.5. The number of benzene rings is 1. The van der Waals surface area contributed by atoms with Gasteiger partial charge in [-0.1, -0.05) is 12.1 Å². The van der Waals surface area contributed by atoms with Gasteiger partial charge in [-0.2, -0.15) is 0 Å². The van der Waals surface area contributed by atoms with Crippen molar-refractivity contribution in [2.75, 3.05) is 13.7 Å². The molecule has 11 nitrogen and oxygen atoms in total. The van der Waals surface area contributed by atoms with Gasteiger partial charge in [0.05, 0.1) is 25.7 Å². The largest absolute Gasteiger partial charge is 0.466 e. The first-order chi connectivity index (χ1) is 17.0. The molecule has 1 aromatic rings. The van der Waals surface area contributed by atoms with E-state index in [0.717, 1.165) is 20.3 Å². The van der Waals surface area contributed by atoms with Crippen molar-refractivity contribution in [1.82, 2.24) is 0 Å². The van der Waals surface area contributed by atoms with Crippen LogP contribution in [0.5, 0.6) is 11.5 Å². The van der Waals surface area contributed by atoms with Crippen molar-refractivity contribution in [3.63, 3.8) is 0 Å². The summed E-state index contributed by atoms with van der Waals surface area (Å²) >= 11 is 0. The number of carbonyl (C=O) groups excluding carboxylic acids is 6. The molecule has 1 atom stereocenters. The lowest BCUT2D eigenvalue weighted by Gasteiger charge is -2.18. The highest BCUT2D eigenvalue weighted by atomic mass is 16.6. The third-order valence-electron chi connectivity index (χ3n) is 4.56. The van der Waals surface area contributed by atoms with Crippen LogP contribution >= 0.6 is 0 Å². The molecule has 0 aliphatic carbocycles. The summed E-state index contributed by atoms with van der Waals surface area (Å²) in [5, 5.41) is 0. The lowest BCUT2D eigenvalue weighted by Crippen LogP contribution is -2.22. The van der Waals surface area contributed by atoms with Crippen LogP contribution in [0, 0.1) is 5.92 Å². The van der Waals surface area contributed by atoms with E-state index in [1.165, 1.54) is 32.1 Å². The van der Waals surface area contributed by atoms with Gasteiger partial charge in [0, 0.05) is 33.1 Å². The fraction of sp³-hybridized carbons (Fsp3) is 0.360. The van der Waals surface area contributed by atoms with Gasteiger partial charge in [0.15, 0.2) is 11.5 Å². The van der Waals surface area contributed by atoms with Crippen molar-refractivity contribution in [2.45, 2.75) is 40.5 Å². The van der Waals surface area contributed by atoms with Crippen LogP contribution in [0.4, 0.5) is 0 Å². The Hall–Kier alpha value is -4.28. The summed E-state index contributed by atoms with van der Waals surface area (Å²) in [6.07, 6.45) is 2.54. The Bertz CT molecular complexity index is 1070. The van der Waals surface area contributed by atoms with Crippen LogP contribution in [0.1, 0.15) is 39.7 Å². The molecule has 0 aromatic heterocycles. The van der Waals surface area contributed by atoms with Crippen LogP contribution in [-0.2, 0) is 49.4 Å². The van der Waals surface area contributed by atoms with Crippen molar-refractivity contribution < 1.29 is 52.5 Å². The number of carbonyl (C=O) groups is 6. The van der Waals surface area contributed by atoms with Crippen LogP contribution in [0.2, 0.25) is 0 Å². The maximum Gasteiger partial charge on any atom is 0.337 e. The Morgan fingerprint density at radius 2 is 1.58 bits per heavy atom. The second kappa shape index (κ2) is 14.9. The zero-order valence-corrected chi connectivity index (χ0v) is 20.7. The molecule has 0 N–H and O–H groups in total. The van der Waals surface area contributed by atoms with Crippen LogP contribution in [0.3, 0.4) is 0 Å². The van der Waals surface area contributed by atoms with Gasteiger partial charge in [-0.3, -0.25) is 24.0 Å². The van der Waals surface area contributed by atoms with E-state index in [0.29, 0.717) is 11.8 Å². The molecule has 0 heterocycles. The maximum absolute atomic E-state index is 12.5. The second-order valence-corrected chi connectivity index (χ2v) is 7.28. The number of ether oxygens (including phenoxy) is 5. The molecule has 1 aromatic carbocycles. The number of methoxy groups -OCH3 is 1. The smallest absolute Gasteiger partial charge is 0.337 e. The van der Waals surface area contributed by atoms with Gasteiger partial charge in [-0.15, -0.1) is 0 Å². The number of rotatable bonds is 12. The summed E-state index contributed by atoms with van der Waals surface area (Å²) in [6, 6.07) is 4.51. The first kappa shape index (κ1) is 29.8. The molecule has 11 heteroatoms. The molecule has 0 saturated carbocycles. The third-order valence-corrected chi connectivity index (χ3v) is 4.56. The molecule has 0 aliphatic rings. The quantitative estimate of drug-likeness (QED) is 0.103. The first-order valence-electron chi connectivity index (χ1n) is 10.7. The number of hydrogen-bond donors (Lipinski definition) is 0. The van der Waals surface area contributed by atoms with Gasteiger partial charge in [0.2, 0.25) is 0 Å². The van der Waals surface area contributed by atoms with Gasteiger partial charge in [-0.25, -0.2) is 4.79 Å². The van der Waals surface area contributed by atoms with E-state index < -0.39 is 42.2 Å². The number of aldehydes is 1. The summed E-state index contributed by atoms with van der Waals surface area (Å²) < 4.78 is 24.8. The van der Waals surface area contributed by atoms with Gasteiger partial charge in [0.1, 0.15) is 12.5 Å².